The van der Waals surface area contributed by atoms with E-state index in [9.17, 15) is 0 Å². The zero-order valence-corrected chi connectivity index (χ0v) is 8.19. The minimum atomic E-state index is 0.671. The molecule has 0 amide bonds. The third-order valence-corrected chi connectivity index (χ3v) is 2.71. The summed E-state index contributed by atoms with van der Waals surface area (Å²) in [5.74, 6) is 0.671. The van der Waals surface area contributed by atoms with Crippen molar-refractivity contribution in [1.29, 1.82) is 0 Å². The third kappa shape index (κ3) is 2.19. The number of hydrogen-bond donors (Lipinski definition) is 2. The molecule has 0 aliphatic heterocycles. The van der Waals surface area contributed by atoms with Crippen molar-refractivity contribution in [1.82, 2.24) is 15.2 Å². The molecule has 0 aromatic carbocycles. The van der Waals surface area contributed by atoms with E-state index in [0.717, 1.165) is 4.34 Å². The Bertz CT molecular complexity index is 370. The van der Waals surface area contributed by atoms with Crippen molar-refractivity contribution in [3.63, 3.8) is 0 Å². The van der Waals surface area contributed by atoms with Gasteiger partial charge in [0.15, 0.2) is 0 Å². The largest absolute Gasteiger partial charge is 0.350 e. The highest BCUT2D eigenvalue weighted by molar-refractivity contribution is 7.16. The molecule has 0 bridgehead atoms. The van der Waals surface area contributed by atoms with Gasteiger partial charge in [0, 0.05) is 4.88 Å². The summed E-state index contributed by atoms with van der Waals surface area (Å²) >= 11 is 7.33. The van der Waals surface area contributed by atoms with Gasteiger partial charge in [-0.2, -0.15) is 5.10 Å². The molecule has 4 nitrogen and oxygen atoms in total. The van der Waals surface area contributed by atoms with Crippen LogP contribution in [0.25, 0.3) is 0 Å². The SMILES string of the molecule is Clc1ccc(CNc2ncn[nH]2)s1. The molecule has 2 N–H and O–H groups in total. The highest BCUT2D eigenvalue weighted by atomic mass is 35.5. The van der Waals surface area contributed by atoms with Gasteiger partial charge in [-0.25, -0.2) is 10.1 Å². The maximum absolute atomic E-state index is 5.78. The summed E-state index contributed by atoms with van der Waals surface area (Å²) in [6, 6.07) is 3.86. The van der Waals surface area contributed by atoms with Crippen molar-refractivity contribution in [2.75, 3.05) is 5.32 Å². The molecule has 0 spiro atoms. The summed E-state index contributed by atoms with van der Waals surface area (Å²) in [6.07, 6.45) is 1.46. The molecule has 2 aromatic heterocycles. The fourth-order valence-corrected chi connectivity index (χ4v) is 1.94. The quantitative estimate of drug-likeness (QED) is 0.823. The number of anilines is 1. The van der Waals surface area contributed by atoms with Gasteiger partial charge in [0.2, 0.25) is 5.95 Å². The zero-order chi connectivity index (χ0) is 9.10. The zero-order valence-electron chi connectivity index (χ0n) is 6.62. The van der Waals surface area contributed by atoms with Crippen LogP contribution in [-0.4, -0.2) is 15.2 Å². The van der Waals surface area contributed by atoms with Gasteiger partial charge in [-0.3, -0.25) is 0 Å². The Kier molecular flexibility index (Phi) is 2.47. The van der Waals surface area contributed by atoms with Gasteiger partial charge in [0.25, 0.3) is 0 Å². The average Bonchev–Trinajstić information content (AvgIpc) is 2.71. The van der Waals surface area contributed by atoms with Crippen molar-refractivity contribution in [3.05, 3.63) is 27.7 Å². The van der Waals surface area contributed by atoms with Crippen molar-refractivity contribution in [3.8, 4) is 0 Å². The molecule has 0 aliphatic carbocycles. The highest BCUT2D eigenvalue weighted by Crippen LogP contribution is 2.21. The van der Waals surface area contributed by atoms with Crippen LogP contribution in [0.5, 0.6) is 0 Å². The third-order valence-electron chi connectivity index (χ3n) is 1.47. The Morgan fingerprint density at radius 3 is 3.08 bits per heavy atom. The lowest BCUT2D eigenvalue weighted by Gasteiger charge is -1.97. The highest BCUT2D eigenvalue weighted by Gasteiger charge is 1.98. The molecular weight excluding hydrogens is 208 g/mol. The Morgan fingerprint density at radius 1 is 1.54 bits per heavy atom. The van der Waals surface area contributed by atoms with Crippen LogP contribution in [0.3, 0.4) is 0 Å². The standard InChI is InChI=1S/C7H7ClN4S/c8-6-2-1-5(13-6)3-9-7-10-4-11-12-7/h1-2,4H,3H2,(H2,9,10,11,12). The topological polar surface area (TPSA) is 53.6 Å². The Hall–Kier alpha value is -1.07. The normalized spacial score (nSPS) is 10.2. The maximum Gasteiger partial charge on any atom is 0.218 e. The summed E-state index contributed by atoms with van der Waals surface area (Å²) in [6.45, 7) is 0.715. The molecule has 2 aromatic rings. The van der Waals surface area contributed by atoms with E-state index < -0.39 is 0 Å². The second-order valence-corrected chi connectivity index (χ2v) is 4.19. The maximum atomic E-state index is 5.78. The fourth-order valence-electron chi connectivity index (χ4n) is 0.908. The molecule has 0 atom stereocenters. The molecule has 2 heterocycles. The summed E-state index contributed by atoms with van der Waals surface area (Å²) in [5, 5.41) is 9.51. The van der Waals surface area contributed by atoms with E-state index in [-0.39, 0.29) is 0 Å². The average molecular weight is 215 g/mol. The minimum Gasteiger partial charge on any atom is -0.350 e. The predicted molar refractivity (Wildman–Crippen MR) is 53.0 cm³/mol. The molecule has 0 aliphatic rings. The van der Waals surface area contributed by atoms with Crippen molar-refractivity contribution in [2.45, 2.75) is 6.54 Å². The molecule has 0 unspecified atom stereocenters. The first-order valence-electron chi connectivity index (χ1n) is 3.68. The van der Waals surface area contributed by atoms with Crippen LogP contribution < -0.4 is 5.32 Å². The van der Waals surface area contributed by atoms with E-state index in [1.54, 1.807) is 11.3 Å². The predicted octanol–water partition coefficient (Wildman–Crippen LogP) is 2.13. The fraction of sp³-hybridized carbons (Fsp3) is 0.143. The van der Waals surface area contributed by atoms with Crippen LogP contribution >= 0.6 is 22.9 Å². The van der Waals surface area contributed by atoms with Crippen molar-refractivity contribution in [2.24, 2.45) is 0 Å². The van der Waals surface area contributed by atoms with Crippen LogP contribution in [0.2, 0.25) is 4.34 Å². The molecule has 6 heteroatoms. The number of hydrogen-bond acceptors (Lipinski definition) is 4. The first kappa shape index (κ1) is 8.52. The number of thiophene rings is 1. The van der Waals surface area contributed by atoms with Gasteiger partial charge in [-0.05, 0) is 12.1 Å². The van der Waals surface area contributed by atoms with E-state index in [1.165, 1.54) is 11.2 Å². The van der Waals surface area contributed by atoms with E-state index in [1.807, 2.05) is 12.1 Å². The number of nitrogens with one attached hydrogen (secondary N) is 2. The molecule has 0 saturated heterocycles. The summed E-state index contributed by atoms with van der Waals surface area (Å²) < 4.78 is 0.800. The molecule has 68 valence electrons. The van der Waals surface area contributed by atoms with E-state index in [4.69, 9.17) is 11.6 Å². The molecule has 0 radical (unpaired) electrons. The van der Waals surface area contributed by atoms with E-state index >= 15 is 0 Å². The molecule has 0 saturated carbocycles. The number of aromatic amines is 1. The molecule has 2 rings (SSSR count). The summed E-state index contributed by atoms with van der Waals surface area (Å²) in [7, 11) is 0. The second-order valence-electron chi connectivity index (χ2n) is 2.39. The lowest BCUT2D eigenvalue weighted by molar-refractivity contribution is 1.05. The van der Waals surface area contributed by atoms with Gasteiger partial charge in [-0.15, -0.1) is 11.3 Å². The molecular formula is C7H7ClN4S. The lowest BCUT2D eigenvalue weighted by atomic mass is 10.5. The number of aromatic nitrogens is 3. The van der Waals surface area contributed by atoms with E-state index in [2.05, 4.69) is 20.5 Å². The first-order valence-corrected chi connectivity index (χ1v) is 4.87. The van der Waals surface area contributed by atoms with Crippen LogP contribution in [0.15, 0.2) is 18.5 Å². The minimum absolute atomic E-state index is 0.671. The van der Waals surface area contributed by atoms with Gasteiger partial charge in [-0.1, -0.05) is 11.6 Å². The number of rotatable bonds is 3. The smallest absolute Gasteiger partial charge is 0.218 e. The van der Waals surface area contributed by atoms with Gasteiger partial charge < -0.3 is 5.32 Å². The summed E-state index contributed by atoms with van der Waals surface area (Å²) in [4.78, 5) is 5.10. The van der Waals surface area contributed by atoms with Crippen molar-refractivity contribution < 1.29 is 0 Å². The number of H-pyrrole nitrogens is 1. The van der Waals surface area contributed by atoms with Crippen LogP contribution in [0.4, 0.5) is 5.95 Å². The Labute approximate surface area is 84.0 Å². The van der Waals surface area contributed by atoms with Crippen LogP contribution in [0.1, 0.15) is 4.88 Å². The van der Waals surface area contributed by atoms with Gasteiger partial charge in [0.1, 0.15) is 6.33 Å². The monoisotopic (exact) mass is 214 g/mol. The van der Waals surface area contributed by atoms with Crippen LogP contribution in [0, 0.1) is 0 Å². The van der Waals surface area contributed by atoms with Crippen LogP contribution in [-0.2, 0) is 6.54 Å². The number of halogens is 1. The second kappa shape index (κ2) is 3.76. The van der Waals surface area contributed by atoms with Crippen molar-refractivity contribution >= 4 is 28.9 Å². The summed E-state index contributed by atoms with van der Waals surface area (Å²) in [5.41, 5.74) is 0. The van der Waals surface area contributed by atoms with Gasteiger partial charge in [0.05, 0.1) is 10.9 Å². The Morgan fingerprint density at radius 2 is 2.46 bits per heavy atom. The number of nitrogens with zero attached hydrogens (tertiary/aromatic N) is 2. The first-order chi connectivity index (χ1) is 6.34. The molecule has 13 heavy (non-hydrogen) atoms. The van der Waals surface area contributed by atoms with E-state index in [0.29, 0.717) is 12.5 Å². The van der Waals surface area contributed by atoms with Gasteiger partial charge >= 0.3 is 0 Å². The lowest BCUT2D eigenvalue weighted by Crippen LogP contribution is -1.98. The Balaban J connectivity index is 1.93. The molecule has 0 fully saturated rings.